The average molecular weight is 657 g/mol. The maximum Gasteiger partial charge on any atom is 0.313 e. The van der Waals surface area contributed by atoms with Crippen LogP contribution in [0.1, 0.15) is 17.1 Å². The number of sulfonamides is 1. The van der Waals surface area contributed by atoms with Crippen LogP contribution in [-0.4, -0.2) is 49.7 Å². The minimum Gasteiger partial charge on any atom is -0.458 e. The number of amides is 3. The topological polar surface area (TPSA) is 150 Å². The van der Waals surface area contributed by atoms with Gasteiger partial charge >= 0.3 is 11.8 Å². The van der Waals surface area contributed by atoms with Crippen LogP contribution in [-0.2, 0) is 37.4 Å². The second-order valence-corrected chi connectivity index (χ2v) is 12.0. The van der Waals surface area contributed by atoms with Crippen LogP contribution in [0.4, 0.5) is 5.69 Å². The minimum atomic E-state index is -3.95. The first-order valence-corrected chi connectivity index (χ1v) is 15.4. The van der Waals surface area contributed by atoms with Gasteiger partial charge in [0.15, 0.2) is 0 Å². The van der Waals surface area contributed by atoms with E-state index in [0.717, 1.165) is 9.87 Å². The maximum absolute atomic E-state index is 13.3. The Bertz CT molecular complexity index is 1750. The van der Waals surface area contributed by atoms with E-state index in [2.05, 4.69) is 21.2 Å². The fourth-order valence-corrected chi connectivity index (χ4v) is 5.57. The summed E-state index contributed by atoms with van der Waals surface area (Å²) >= 11 is 11.8. The Kier molecular flexibility index (Phi) is 11.3. The highest BCUT2D eigenvalue weighted by Gasteiger charge is 2.26. The van der Waals surface area contributed by atoms with Crippen LogP contribution in [0.5, 0.6) is 0 Å². The minimum absolute atomic E-state index is 0.0754. The highest BCUT2D eigenvalue weighted by molar-refractivity contribution is 7.89. The Balaban J connectivity index is 1.29. The first kappa shape index (κ1) is 32.4. The molecule has 0 aliphatic heterocycles. The van der Waals surface area contributed by atoms with Gasteiger partial charge in [-0.15, -0.1) is 0 Å². The molecule has 0 aliphatic rings. The fraction of sp³-hybridized carbons (Fsp3) is 0.133. The summed E-state index contributed by atoms with van der Waals surface area (Å²) in [5.41, 5.74) is 3.54. The molecule has 0 radical (unpaired) electrons. The number of nitrogens with zero attached hydrogens (tertiary/aromatic N) is 2. The van der Waals surface area contributed by atoms with Gasteiger partial charge in [0.2, 0.25) is 10.0 Å². The van der Waals surface area contributed by atoms with E-state index in [1.807, 2.05) is 30.3 Å². The number of hydrogen-bond acceptors (Lipinski definition) is 7. The molecule has 0 bridgehead atoms. The van der Waals surface area contributed by atoms with Crippen LogP contribution < -0.4 is 16.1 Å². The van der Waals surface area contributed by atoms with Crippen LogP contribution in [0.15, 0.2) is 105 Å². The molecule has 1 aromatic heterocycles. The van der Waals surface area contributed by atoms with Gasteiger partial charge in [-0.1, -0.05) is 71.7 Å². The van der Waals surface area contributed by atoms with E-state index in [0.29, 0.717) is 22.9 Å². The van der Waals surface area contributed by atoms with Crippen molar-refractivity contribution in [1.82, 2.24) is 15.0 Å². The average Bonchev–Trinajstić information content (AvgIpc) is 3.48. The normalized spacial score (nSPS) is 11.4. The summed E-state index contributed by atoms with van der Waals surface area (Å²) in [6.45, 7) is -0.472. The standard InChI is InChI=1S/C30H27Cl2N5O6S/c31-26-14-11-22(17-27(26)32)35-30(40)29(39)33-18-23-12-13-24(43-23)19-34-36-28(38)20-37(16-15-21-7-3-1-4-8-21)44(41,42)25-9-5-2-6-10-25/h1-14,17,19H,15-16,18,20H2,(H,33,39)(H,35,40)(H,36,38)/b34-19-. The van der Waals surface area contributed by atoms with Gasteiger partial charge in [0.25, 0.3) is 5.91 Å². The summed E-state index contributed by atoms with van der Waals surface area (Å²) in [6, 6.07) is 24.7. The number of benzene rings is 3. The number of nitrogens with one attached hydrogen (secondary N) is 3. The van der Waals surface area contributed by atoms with Gasteiger partial charge in [-0.05, 0) is 54.4 Å². The molecule has 0 spiro atoms. The van der Waals surface area contributed by atoms with E-state index in [9.17, 15) is 22.8 Å². The zero-order chi connectivity index (χ0) is 31.5. The molecule has 3 N–H and O–H groups in total. The zero-order valence-corrected chi connectivity index (χ0v) is 25.4. The third-order valence-corrected chi connectivity index (χ3v) is 8.66. The highest BCUT2D eigenvalue weighted by atomic mass is 35.5. The monoisotopic (exact) mass is 655 g/mol. The van der Waals surface area contributed by atoms with Gasteiger partial charge in [-0.2, -0.15) is 9.41 Å². The maximum atomic E-state index is 13.3. The van der Waals surface area contributed by atoms with E-state index in [4.69, 9.17) is 27.6 Å². The molecule has 3 amide bonds. The first-order valence-electron chi connectivity index (χ1n) is 13.2. The molecule has 4 aromatic rings. The molecule has 14 heteroatoms. The highest BCUT2D eigenvalue weighted by Crippen LogP contribution is 2.25. The van der Waals surface area contributed by atoms with E-state index in [-0.39, 0.29) is 28.8 Å². The summed E-state index contributed by atoms with van der Waals surface area (Å²) in [5, 5.41) is 9.22. The van der Waals surface area contributed by atoms with Gasteiger partial charge < -0.3 is 15.1 Å². The Morgan fingerprint density at radius 1 is 0.864 bits per heavy atom. The van der Waals surface area contributed by atoms with Crippen molar-refractivity contribution in [3.8, 4) is 0 Å². The molecule has 0 saturated carbocycles. The lowest BCUT2D eigenvalue weighted by Gasteiger charge is -2.21. The van der Waals surface area contributed by atoms with E-state index >= 15 is 0 Å². The predicted octanol–water partition coefficient (Wildman–Crippen LogP) is 4.23. The van der Waals surface area contributed by atoms with Crippen LogP contribution in [0.3, 0.4) is 0 Å². The fourth-order valence-electron chi connectivity index (χ4n) is 3.86. The molecule has 4 rings (SSSR count). The SMILES string of the molecule is O=C(CN(CCc1ccccc1)S(=O)(=O)c1ccccc1)N/N=C\c1ccc(CNC(=O)C(=O)Nc2ccc(Cl)c(Cl)c2)o1. The van der Waals surface area contributed by atoms with Crippen LogP contribution in [0.2, 0.25) is 10.0 Å². The number of anilines is 1. The van der Waals surface area contributed by atoms with Gasteiger partial charge in [-0.3, -0.25) is 14.4 Å². The molecular weight excluding hydrogens is 629 g/mol. The summed E-state index contributed by atoms with van der Waals surface area (Å²) in [5.74, 6) is -1.91. The van der Waals surface area contributed by atoms with Gasteiger partial charge in [0, 0.05) is 12.2 Å². The molecule has 0 aliphatic carbocycles. The summed E-state index contributed by atoms with van der Waals surface area (Å²) < 4.78 is 33.2. The second kappa shape index (κ2) is 15.3. The first-order chi connectivity index (χ1) is 21.1. The molecule has 0 fully saturated rings. The van der Waals surface area contributed by atoms with Crippen molar-refractivity contribution in [2.24, 2.45) is 5.10 Å². The Morgan fingerprint density at radius 2 is 1.57 bits per heavy atom. The smallest absolute Gasteiger partial charge is 0.313 e. The van der Waals surface area contributed by atoms with Crippen molar-refractivity contribution in [2.45, 2.75) is 17.9 Å². The van der Waals surface area contributed by atoms with Crippen LogP contribution in [0, 0.1) is 0 Å². The quantitative estimate of drug-likeness (QED) is 0.118. The summed E-state index contributed by atoms with van der Waals surface area (Å²) in [7, 11) is -3.95. The second-order valence-electron chi connectivity index (χ2n) is 9.25. The van der Waals surface area contributed by atoms with Gasteiger partial charge in [-0.25, -0.2) is 13.8 Å². The Morgan fingerprint density at radius 3 is 2.27 bits per heavy atom. The van der Waals surface area contributed by atoms with Crippen molar-refractivity contribution >= 4 is 62.8 Å². The van der Waals surface area contributed by atoms with Crippen molar-refractivity contribution < 1.29 is 27.2 Å². The van der Waals surface area contributed by atoms with Crippen LogP contribution in [0.25, 0.3) is 0 Å². The van der Waals surface area contributed by atoms with E-state index in [1.54, 1.807) is 30.3 Å². The number of carbonyl (C=O) groups excluding carboxylic acids is 3. The number of hydrazone groups is 1. The Labute approximate surface area is 263 Å². The van der Waals surface area contributed by atoms with E-state index < -0.39 is 34.3 Å². The molecule has 1 heterocycles. The molecule has 228 valence electrons. The van der Waals surface area contributed by atoms with Crippen molar-refractivity contribution in [3.63, 3.8) is 0 Å². The van der Waals surface area contributed by atoms with Gasteiger partial charge in [0.05, 0.1) is 34.2 Å². The van der Waals surface area contributed by atoms with Crippen molar-refractivity contribution in [1.29, 1.82) is 0 Å². The number of carbonyl (C=O) groups is 3. The third kappa shape index (κ3) is 9.25. The molecule has 0 atom stereocenters. The molecule has 0 saturated heterocycles. The molecule has 3 aromatic carbocycles. The van der Waals surface area contributed by atoms with Crippen LogP contribution >= 0.6 is 23.2 Å². The lowest BCUT2D eigenvalue weighted by Crippen LogP contribution is -2.40. The number of hydrogen-bond donors (Lipinski definition) is 3. The largest absolute Gasteiger partial charge is 0.458 e. The summed E-state index contributed by atoms with van der Waals surface area (Å²) in [6.07, 6.45) is 1.63. The van der Waals surface area contributed by atoms with Gasteiger partial charge in [0.1, 0.15) is 11.5 Å². The number of halogens is 2. The van der Waals surface area contributed by atoms with Crippen molar-refractivity contribution in [3.05, 3.63) is 118 Å². The summed E-state index contributed by atoms with van der Waals surface area (Å²) in [4.78, 5) is 37.1. The molecule has 44 heavy (non-hydrogen) atoms. The van der Waals surface area contributed by atoms with E-state index in [1.165, 1.54) is 36.5 Å². The number of rotatable bonds is 12. The van der Waals surface area contributed by atoms with Crippen molar-refractivity contribution in [2.75, 3.05) is 18.4 Å². The molecule has 11 nitrogen and oxygen atoms in total. The third-order valence-electron chi connectivity index (χ3n) is 6.06. The predicted molar refractivity (Wildman–Crippen MR) is 167 cm³/mol. The molecule has 0 unspecified atom stereocenters. The zero-order valence-electron chi connectivity index (χ0n) is 23.1. The Hall–Kier alpha value is -4.49. The number of furan rings is 1. The lowest BCUT2D eigenvalue weighted by molar-refractivity contribution is -0.136. The molecular formula is C30H27Cl2N5O6S. The lowest BCUT2D eigenvalue weighted by atomic mass is 10.1.